The van der Waals surface area contributed by atoms with Gasteiger partial charge in [-0.05, 0) is 48.9 Å². The second-order valence-corrected chi connectivity index (χ2v) is 7.76. The van der Waals surface area contributed by atoms with Crippen LogP contribution >= 0.6 is 0 Å². The van der Waals surface area contributed by atoms with E-state index < -0.39 is 0 Å². The van der Waals surface area contributed by atoms with Gasteiger partial charge in [0.1, 0.15) is 38.5 Å². The summed E-state index contributed by atoms with van der Waals surface area (Å²) in [6.07, 6.45) is 0. The first-order valence-electron chi connectivity index (χ1n) is 10.3. The lowest BCUT2D eigenvalue weighted by atomic mass is 10.1. The van der Waals surface area contributed by atoms with E-state index in [1.54, 1.807) is 21.3 Å². The fourth-order valence-corrected chi connectivity index (χ4v) is 3.90. The Balaban J connectivity index is 1.48. The number of anilines is 1. The molecule has 1 aliphatic rings. The summed E-state index contributed by atoms with van der Waals surface area (Å²) in [5, 5.41) is 2.97. The van der Waals surface area contributed by atoms with Crippen LogP contribution in [0.25, 0.3) is 0 Å². The van der Waals surface area contributed by atoms with Gasteiger partial charge in [0.25, 0.3) is 5.91 Å². The Bertz CT molecular complexity index is 846. The van der Waals surface area contributed by atoms with E-state index in [9.17, 15) is 4.79 Å². The maximum atomic E-state index is 12.4. The molecular formula is C23H33N3O4+2. The quantitative estimate of drug-likeness (QED) is 0.565. The predicted octanol–water partition coefficient (Wildman–Crippen LogP) is -0.0571. The van der Waals surface area contributed by atoms with Crippen molar-refractivity contribution in [2.75, 3.05) is 59.4 Å². The largest absolute Gasteiger partial charge is 0.497 e. The van der Waals surface area contributed by atoms with Gasteiger partial charge in [0.15, 0.2) is 18.0 Å². The molecule has 7 heteroatoms. The topological polar surface area (TPSA) is 65.7 Å². The van der Waals surface area contributed by atoms with E-state index in [0.717, 1.165) is 55.7 Å². The lowest BCUT2D eigenvalue weighted by Crippen LogP contribution is -3.28. The summed E-state index contributed by atoms with van der Waals surface area (Å²) in [6.45, 7) is 7.61. The molecule has 0 spiro atoms. The molecule has 1 heterocycles. The van der Waals surface area contributed by atoms with Crippen molar-refractivity contribution >= 4 is 11.6 Å². The summed E-state index contributed by atoms with van der Waals surface area (Å²) in [5.74, 6) is 2.37. The minimum atomic E-state index is 0.0503. The Morgan fingerprint density at radius 3 is 2.10 bits per heavy atom. The van der Waals surface area contributed by atoms with Gasteiger partial charge in [-0.15, -0.1) is 0 Å². The highest BCUT2D eigenvalue weighted by Crippen LogP contribution is 2.29. The van der Waals surface area contributed by atoms with Crippen LogP contribution in [0.2, 0.25) is 0 Å². The zero-order valence-electron chi connectivity index (χ0n) is 18.3. The molecule has 30 heavy (non-hydrogen) atoms. The van der Waals surface area contributed by atoms with Gasteiger partial charge in [-0.3, -0.25) is 4.79 Å². The van der Waals surface area contributed by atoms with E-state index in [-0.39, 0.29) is 5.91 Å². The van der Waals surface area contributed by atoms with Crippen molar-refractivity contribution in [3.8, 4) is 17.2 Å². The SMILES string of the molecule is COc1ccc(NC(=O)C[NH+]2CC[NH+](Cc3cc(OC)c(OC)cc3C)CC2)cc1. The van der Waals surface area contributed by atoms with Crippen LogP contribution in [0.5, 0.6) is 17.2 Å². The molecule has 0 aromatic heterocycles. The number of benzene rings is 2. The van der Waals surface area contributed by atoms with Gasteiger partial charge in [-0.1, -0.05) is 0 Å². The molecule has 3 rings (SSSR count). The number of aryl methyl sites for hydroxylation is 1. The van der Waals surface area contributed by atoms with Crippen molar-refractivity contribution in [3.05, 3.63) is 47.5 Å². The highest BCUT2D eigenvalue weighted by atomic mass is 16.5. The minimum absolute atomic E-state index is 0.0503. The van der Waals surface area contributed by atoms with Gasteiger partial charge in [-0.2, -0.15) is 0 Å². The van der Waals surface area contributed by atoms with E-state index in [0.29, 0.717) is 6.54 Å². The van der Waals surface area contributed by atoms with Gasteiger partial charge >= 0.3 is 0 Å². The van der Waals surface area contributed by atoms with E-state index in [1.165, 1.54) is 20.9 Å². The molecule has 1 saturated heterocycles. The highest BCUT2D eigenvalue weighted by molar-refractivity contribution is 5.91. The number of hydrogen-bond donors (Lipinski definition) is 3. The Labute approximate surface area is 178 Å². The normalized spacial score (nSPS) is 18.5. The number of hydrogen-bond acceptors (Lipinski definition) is 4. The third-order valence-corrected chi connectivity index (χ3v) is 5.73. The number of carbonyl (C=O) groups excluding carboxylic acids is 1. The van der Waals surface area contributed by atoms with Crippen molar-refractivity contribution in [3.63, 3.8) is 0 Å². The molecule has 0 saturated carbocycles. The van der Waals surface area contributed by atoms with Crippen LogP contribution in [0.15, 0.2) is 36.4 Å². The minimum Gasteiger partial charge on any atom is -0.497 e. The molecule has 2 aromatic rings. The van der Waals surface area contributed by atoms with Crippen LogP contribution in [-0.2, 0) is 11.3 Å². The molecule has 0 atom stereocenters. The molecule has 0 bridgehead atoms. The smallest absolute Gasteiger partial charge is 0.279 e. The van der Waals surface area contributed by atoms with Crippen molar-refractivity contribution < 1.29 is 28.8 Å². The third-order valence-electron chi connectivity index (χ3n) is 5.73. The number of methoxy groups -OCH3 is 3. The van der Waals surface area contributed by atoms with Crippen molar-refractivity contribution in [1.29, 1.82) is 0 Å². The number of amides is 1. The molecule has 0 radical (unpaired) electrons. The maximum absolute atomic E-state index is 12.4. The Kier molecular flexibility index (Phi) is 7.54. The molecule has 1 amide bonds. The second-order valence-electron chi connectivity index (χ2n) is 7.76. The molecular weight excluding hydrogens is 382 g/mol. The lowest BCUT2D eigenvalue weighted by molar-refractivity contribution is -1.02. The summed E-state index contributed by atoms with van der Waals surface area (Å²) in [7, 11) is 4.96. The molecule has 0 unspecified atom stereocenters. The number of carbonyl (C=O) groups is 1. The average molecular weight is 416 g/mol. The zero-order chi connectivity index (χ0) is 21.5. The highest BCUT2D eigenvalue weighted by Gasteiger charge is 2.25. The number of rotatable bonds is 8. The summed E-state index contributed by atoms with van der Waals surface area (Å²) in [6, 6.07) is 11.5. The van der Waals surface area contributed by atoms with Gasteiger partial charge in [-0.25, -0.2) is 0 Å². The number of nitrogens with one attached hydrogen (secondary N) is 3. The molecule has 3 N–H and O–H groups in total. The maximum Gasteiger partial charge on any atom is 0.279 e. The van der Waals surface area contributed by atoms with Gasteiger partial charge in [0, 0.05) is 11.3 Å². The van der Waals surface area contributed by atoms with Crippen LogP contribution in [0, 0.1) is 6.92 Å². The number of quaternary nitrogens is 2. The van der Waals surface area contributed by atoms with Crippen molar-refractivity contribution in [1.82, 2.24) is 0 Å². The molecule has 1 aliphatic heterocycles. The average Bonchev–Trinajstić information content (AvgIpc) is 2.76. The summed E-state index contributed by atoms with van der Waals surface area (Å²) >= 11 is 0. The number of ether oxygens (including phenoxy) is 3. The van der Waals surface area contributed by atoms with Gasteiger partial charge in [0.05, 0.1) is 21.3 Å². The van der Waals surface area contributed by atoms with Crippen LogP contribution in [0.1, 0.15) is 11.1 Å². The van der Waals surface area contributed by atoms with E-state index in [1.807, 2.05) is 30.3 Å². The molecule has 1 fully saturated rings. The first-order chi connectivity index (χ1) is 14.5. The van der Waals surface area contributed by atoms with E-state index in [4.69, 9.17) is 14.2 Å². The van der Waals surface area contributed by atoms with Crippen LogP contribution < -0.4 is 29.3 Å². The molecule has 2 aromatic carbocycles. The van der Waals surface area contributed by atoms with Gasteiger partial charge in [0.2, 0.25) is 0 Å². The van der Waals surface area contributed by atoms with Crippen molar-refractivity contribution in [2.45, 2.75) is 13.5 Å². The third kappa shape index (κ3) is 5.64. The van der Waals surface area contributed by atoms with Crippen LogP contribution in [0.4, 0.5) is 5.69 Å². The second kappa shape index (κ2) is 10.3. The van der Waals surface area contributed by atoms with E-state index >= 15 is 0 Å². The van der Waals surface area contributed by atoms with Gasteiger partial charge < -0.3 is 29.3 Å². The zero-order valence-corrected chi connectivity index (χ0v) is 18.3. The molecule has 162 valence electrons. The van der Waals surface area contributed by atoms with Crippen molar-refractivity contribution in [2.24, 2.45) is 0 Å². The summed E-state index contributed by atoms with van der Waals surface area (Å²) in [4.78, 5) is 15.2. The fourth-order valence-electron chi connectivity index (χ4n) is 3.90. The summed E-state index contributed by atoms with van der Waals surface area (Å²) < 4.78 is 16.0. The molecule has 7 nitrogen and oxygen atoms in total. The standard InChI is InChI=1S/C23H31N3O4/c1-17-13-21(29-3)22(30-4)14-18(17)15-25-9-11-26(12-10-25)16-23(27)24-19-5-7-20(28-2)8-6-19/h5-8,13-14H,9-12,15-16H2,1-4H3,(H,24,27)/p+2. The van der Waals surface area contributed by atoms with Crippen LogP contribution in [-0.4, -0.2) is 60.0 Å². The van der Waals surface area contributed by atoms with E-state index in [2.05, 4.69) is 18.3 Å². The lowest BCUT2D eigenvalue weighted by Gasteiger charge is -2.29. The Morgan fingerprint density at radius 2 is 1.50 bits per heavy atom. The monoisotopic (exact) mass is 415 g/mol. The fraction of sp³-hybridized carbons (Fsp3) is 0.435. The Hall–Kier alpha value is -2.77. The van der Waals surface area contributed by atoms with Crippen LogP contribution in [0.3, 0.4) is 0 Å². The summed E-state index contributed by atoms with van der Waals surface area (Å²) in [5.41, 5.74) is 3.30. The molecule has 0 aliphatic carbocycles. The first-order valence-corrected chi connectivity index (χ1v) is 10.3. The number of piperazine rings is 1. The predicted molar refractivity (Wildman–Crippen MR) is 116 cm³/mol. The first kappa shape index (κ1) is 21.9. The Morgan fingerprint density at radius 1 is 0.900 bits per heavy atom.